The monoisotopic (exact) mass is 576 g/mol. The molecule has 1 N–H and O–H groups in total. The first-order valence-corrected chi connectivity index (χ1v) is 14.4. The summed E-state index contributed by atoms with van der Waals surface area (Å²) in [5.41, 5.74) is 1.59. The van der Waals surface area contributed by atoms with Crippen LogP contribution in [0.15, 0.2) is 55.1 Å². The fourth-order valence-corrected chi connectivity index (χ4v) is 6.00. The Morgan fingerprint density at radius 1 is 1.21 bits per heavy atom. The van der Waals surface area contributed by atoms with Crippen LogP contribution in [-0.4, -0.2) is 71.4 Å². The van der Waals surface area contributed by atoms with Gasteiger partial charge in [-0.05, 0) is 42.7 Å². The van der Waals surface area contributed by atoms with E-state index in [2.05, 4.69) is 16.9 Å². The number of aliphatic carboxylic acids is 1. The van der Waals surface area contributed by atoms with Gasteiger partial charge in [0, 0.05) is 49.9 Å². The summed E-state index contributed by atoms with van der Waals surface area (Å²) in [7, 11) is 3.47. The third-order valence-corrected chi connectivity index (χ3v) is 8.04. The van der Waals surface area contributed by atoms with E-state index < -0.39 is 23.8 Å². The van der Waals surface area contributed by atoms with Crippen molar-refractivity contribution in [2.75, 3.05) is 38.4 Å². The molecule has 5 rings (SSSR count). The topological polar surface area (TPSA) is 118 Å². The number of nitrogens with zero attached hydrogens (tertiary/aromatic N) is 5. The van der Waals surface area contributed by atoms with Gasteiger partial charge in [0.2, 0.25) is 18.4 Å². The largest absolute Gasteiger partial charge is 0.493 e. The van der Waals surface area contributed by atoms with Crippen molar-refractivity contribution in [1.29, 1.82) is 0 Å². The van der Waals surface area contributed by atoms with Gasteiger partial charge in [0.05, 0.1) is 19.6 Å². The highest BCUT2D eigenvalue weighted by Crippen LogP contribution is 2.47. The summed E-state index contributed by atoms with van der Waals surface area (Å²) in [5.74, 6) is 0.0212. The van der Waals surface area contributed by atoms with Crippen molar-refractivity contribution in [1.82, 2.24) is 14.9 Å². The number of hydrogen-bond acceptors (Lipinski definition) is 8. The van der Waals surface area contributed by atoms with Crippen LogP contribution in [0.3, 0.4) is 0 Å². The second-order valence-corrected chi connectivity index (χ2v) is 10.8. The fourth-order valence-electron chi connectivity index (χ4n) is 6.00. The van der Waals surface area contributed by atoms with Crippen LogP contribution < -0.4 is 23.7 Å². The zero-order valence-electron chi connectivity index (χ0n) is 24.3. The number of unbranched alkanes of at least 4 members (excludes halogenated alkanes) is 1. The van der Waals surface area contributed by atoms with Crippen LogP contribution in [0.25, 0.3) is 0 Å². The summed E-state index contributed by atoms with van der Waals surface area (Å²) in [6.45, 7) is 3.23. The molecule has 0 saturated carbocycles. The van der Waals surface area contributed by atoms with Gasteiger partial charge in [-0.2, -0.15) is 0 Å². The molecule has 1 saturated heterocycles. The fraction of sp³-hybridized carbons (Fsp3) is 0.452. The molecule has 0 unspecified atom stereocenters. The molecule has 2 aliphatic heterocycles. The lowest BCUT2D eigenvalue weighted by atomic mass is 9.83. The molecule has 0 aliphatic carbocycles. The van der Waals surface area contributed by atoms with Crippen LogP contribution in [0.4, 0.5) is 5.69 Å². The van der Waals surface area contributed by atoms with Crippen LogP contribution >= 0.6 is 0 Å². The van der Waals surface area contributed by atoms with Crippen LogP contribution in [0.5, 0.6) is 17.2 Å². The van der Waals surface area contributed by atoms with Gasteiger partial charge >= 0.3 is 5.97 Å². The molecule has 42 heavy (non-hydrogen) atoms. The Labute approximate surface area is 245 Å². The van der Waals surface area contributed by atoms with Crippen molar-refractivity contribution < 1.29 is 33.5 Å². The van der Waals surface area contributed by atoms with E-state index in [0.717, 1.165) is 24.1 Å². The summed E-state index contributed by atoms with van der Waals surface area (Å²) in [4.78, 5) is 39.4. The number of rotatable bonds is 12. The third-order valence-electron chi connectivity index (χ3n) is 8.04. The highest BCUT2D eigenvalue weighted by Gasteiger charge is 2.47. The van der Waals surface area contributed by atoms with Crippen LogP contribution in [0, 0.1) is 5.92 Å². The number of benzene rings is 1. The first-order valence-electron chi connectivity index (χ1n) is 14.4. The summed E-state index contributed by atoms with van der Waals surface area (Å²) in [6, 6.07) is 8.85. The molecule has 0 bridgehead atoms. The maximum atomic E-state index is 14.0. The predicted molar refractivity (Wildman–Crippen MR) is 154 cm³/mol. The van der Waals surface area contributed by atoms with Crippen molar-refractivity contribution >= 4 is 17.6 Å². The maximum absolute atomic E-state index is 14.0. The molecule has 0 spiro atoms. The minimum absolute atomic E-state index is 0.0660. The Morgan fingerprint density at radius 3 is 2.74 bits per heavy atom. The van der Waals surface area contributed by atoms with Gasteiger partial charge in [-0.1, -0.05) is 13.3 Å². The number of likely N-dealkylation sites (tertiary alicyclic amines) is 1. The van der Waals surface area contributed by atoms with Gasteiger partial charge in [0.25, 0.3) is 0 Å². The lowest BCUT2D eigenvalue weighted by Crippen LogP contribution is -2.45. The van der Waals surface area contributed by atoms with Gasteiger partial charge in [-0.3, -0.25) is 14.5 Å². The number of carbonyl (C=O) groups is 2. The molecule has 3 aromatic rings. The number of carboxylic acids is 1. The zero-order chi connectivity index (χ0) is 29.6. The van der Waals surface area contributed by atoms with E-state index in [1.165, 1.54) is 0 Å². The third kappa shape index (κ3) is 6.30. The number of methoxy groups -OCH3 is 1. The first-order chi connectivity index (χ1) is 20.4. The highest BCUT2D eigenvalue weighted by molar-refractivity contribution is 5.94. The van der Waals surface area contributed by atoms with Crippen LogP contribution in [-0.2, 0) is 23.1 Å². The van der Waals surface area contributed by atoms with Crippen molar-refractivity contribution in [3.05, 3.63) is 66.5 Å². The van der Waals surface area contributed by atoms with E-state index in [1.54, 1.807) is 25.6 Å². The number of ether oxygens (including phenoxy) is 3. The smallest absolute Gasteiger partial charge is 0.308 e. The van der Waals surface area contributed by atoms with Gasteiger partial charge in [0.15, 0.2) is 23.9 Å². The number of hydrogen-bond donors (Lipinski definition) is 1. The Morgan fingerprint density at radius 2 is 2.02 bits per heavy atom. The van der Waals surface area contributed by atoms with Crippen molar-refractivity contribution in [2.45, 2.75) is 44.6 Å². The first kappa shape index (κ1) is 29.2. The Bertz CT molecular complexity index is 1400. The Balaban J connectivity index is 1.47. The summed E-state index contributed by atoms with van der Waals surface area (Å²) < 4.78 is 18.7. The Hall–Kier alpha value is -4.25. The number of aryl methyl sites for hydroxylation is 2. The van der Waals surface area contributed by atoms with E-state index in [1.807, 2.05) is 58.1 Å². The minimum Gasteiger partial charge on any atom is -0.493 e. The molecule has 1 amide bonds. The summed E-state index contributed by atoms with van der Waals surface area (Å²) in [6.07, 6.45) is 10.0. The van der Waals surface area contributed by atoms with E-state index in [9.17, 15) is 14.7 Å². The average molecular weight is 577 g/mol. The van der Waals surface area contributed by atoms with E-state index in [-0.39, 0.29) is 19.2 Å². The highest BCUT2D eigenvalue weighted by atomic mass is 16.7. The van der Waals surface area contributed by atoms with Gasteiger partial charge in [-0.15, -0.1) is 0 Å². The molecule has 0 radical (unpaired) electrons. The van der Waals surface area contributed by atoms with Gasteiger partial charge in [-0.25, -0.2) is 14.5 Å². The quantitative estimate of drug-likeness (QED) is 0.325. The SMILES string of the molecule is CCCCN(C(=O)CN1C[C@H](c2cc(OC)c3c(c2)OCO3)[C@@H](C(=O)O)[C@@H]1CCc1ncccn1)c1ccc[n+](C)c1. The number of carbonyl (C=O) groups excluding carboxylic acids is 1. The molecule has 3 atom stereocenters. The van der Waals surface area contributed by atoms with Crippen LogP contribution in [0.2, 0.25) is 0 Å². The van der Waals surface area contributed by atoms with Crippen LogP contribution in [0.1, 0.15) is 43.5 Å². The van der Waals surface area contributed by atoms with Gasteiger partial charge in [0.1, 0.15) is 18.6 Å². The number of pyridine rings is 1. The predicted octanol–water partition coefficient (Wildman–Crippen LogP) is 2.97. The second-order valence-electron chi connectivity index (χ2n) is 10.8. The van der Waals surface area contributed by atoms with Gasteiger partial charge < -0.3 is 24.2 Å². The summed E-state index contributed by atoms with van der Waals surface area (Å²) >= 11 is 0. The molecular weight excluding hydrogens is 538 g/mol. The standard InChI is InChI=1S/C31H37N5O6/c1-4-5-14-36(22-8-6-13-34(2)17-22)28(37)19-35-18-23(21-15-25(40-3)30-26(16-21)41-20-42-30)29(31(38)39)24(35)9-10-27-32-11-7-12-33-27/h6-8,11-13,15-17,23-24,29H,4-5,9-10,14,18-20H2,1-3H3/p+1/t23-,24+,29-/m1/s1. The molecule has 1 fully saturated rings. The lowest BCUT2D eigenvalue weighted by molar-refractivity contribution is -0.670. The number of amides is 1. The molecule has 11 nitrogen and oxygen atoms in total. The normalized spacial score (nSPS) is 19.5. The molecule has 2 aromatic heterocycles. The Kier molecular flexibility index (Phi) is 9.16. The van der Waals surface area contributed by atoms with Crippen molar-refractivity contribution in [3.63, 3.8) is 0 Å². The number of fused-ring (bicyclic) bond motifs is 1. The molecular formula is C31H38N5O6+. The zero-order valence-corrected chi connectivity index (χ0v) is 24.3. The van der Waals surface area contributed by atoms with E-state index in [4.69, 9.17) is 14.2 Å². The van der Waals surface area contributed by atoms with Crippen molar-refractivity contribution in [3.8, 4) is 17.2 Å². The lowest BCUT2D eigenvalue weighted by Gasteiger charge is -2.29. The number of aromatic nitrogens is 3. The molecule has 222 valence electrons. The summed E-state index contributed by atoms with van der Waals surface area (Å²) in [5, 5.41) is 10.6. The molecule has 11 heteroatoms. The van der Waals surface area contributed by atoms with Crippen molar-refractivity contribution in [2.24, 2.45) is 13.0 Å². The van der Waals surface area contributed by atoms with E-state index >= 15 is 0 Å². The maximum Gasteiger partial charge on any atom is 0.308 e. The average Bonchev–Trinajstić information content (AvgIpc) is 3.61. The molecule has 1 aromatic carbocycles. The number of anilines is 1. The second kappa shape index (κ2) is 13.2. The molecule has 2 aliphatic rings. The minimum atomic E-state index is -0.913. The number of carboxylic acid groups (broad SMARTS) is 1. The van der Waals surface area contributed by atoms with E-state index in [0.29, 0.717) is 49.0 Å². The molecule has 4 heterocycles.